The molecule has 2 atom stereocenters. The summed E-state index contributed by atoms with van der Waals surface area (Å²) in [7, 11) is 0. The Labute approximate surface area is 110 Å². The number of rotatable bonds is 2. The van der Waals surface area contributed by atoms with Gasteiger partial charge in [0.25, 0.3) is 0 Å². The molecule has 1 aliphatic carbocycles. The summed E-state index contributed by atoms with van der Waals surface area (Å²) < 4.78 is 0. The fourth-order valence-corrected chi connectivity index (χ4v) is 3.85. The minimum atomic E-state index is 0.107. The average molecular weight is 294 g/mol. The van der Waals surface area contributed by atoms with Gasteiger partial charge < -0.3 is 5.32 Å². The number of carbonyl (C=O) groups excluding carboxylic acids is 1. The van der Waals surface area contributed by atoms with Crippen LogP contribution < -0.4 is 5.32 Å². The molecule has 1 aromatic carbocycles. The van der Waals surface area contributed by atoms with Crippen LogP contribution >= 0.6 is 15.9 Å². The van der Waals surface area contributed by atoms with Crippen LogP contribution in [0.25, 0.3) is 0 Å². The molecule has 3 heteroatoms. The molecule has 90 valence electrons. The van der Waals surface area contributed by atoms with Gasteiger partial charge >= 0.3 is 0 Å². The number of anilines is 1. The zero-order chi connectivity index (χ0) is 12.2. The van der Waals surface area contributed by atoms with Crippen molar-refractivity contribution in [2.24, 2.45) is 11.3 Å². The van der Waals surface area contributed by atoms with Gasteiger partial charge in [-0.25, -0.2) is 0 Å². The van der Waals surface area contributed by atoms with Crippen molar-refractivity contribution in [2.45, 2.75) is 31.5 Å². The summed E-state index contributed by atoms with van der Waals surface area (Å²) in [5.41, 5.74) is 3.88. The van der Waals surface area contributed by atoms with Crippen LogP contribution in [0.5, 0.6) is 0 Å². The van der Waals surface area contributed by atoms with Crippen molar-refractivity contribution in [3.05, 3.63) is 29.3 Å². The maximum atomic E-state index is 11.3. The standard InChI is InChI=1S/C14H16BrNO/c1-14(2)7-10(14)13(15)8-3-4-11-9(5-8)6-12(17)16-11/h3-5,10,13H,6-7H2,1-2H3,(H,16,17). The van der Waals surface area contributed by atoms with Crippen molar-refractivity contribution < 1.29 is 4.79 Å². The number of hydrogen-bond donors (Lipinski definition) is 1. The van der Waals surface area contributed by atoms with Crippen LogP contribution in [-0.4, -0.2) is 5.91 Å². The van der Waals surface area contributed by atoms with Gasteiger partial charge in [0.15, 0.2) is 0 Å². The van der Waals surface area contributed by atoms with Gasteiger partial charge in [0, 0.05) is 10.5 Å². The molecule has 1 N–H and O–H groups in total. The van der Waals surface area contributed by atoms with Crippen LogP contribution in [0, 0.1) is 11.3 Å². The third-order valence-electron chi connectivity index (χ3n) is 4.02. The zero-order valence-electron chi connectivity index (χ0n) is 10.1. The van der Waals surface area contributed by atoms with Crippen molar-refractivity contribution in [3.63, 3.8) is 0 Å². The van der Waals surface area contributed by atoms with Gasteiger partial charge in [-0.15, -0.1) is 0 Å². The van der Waals surface area contributed by atoms with Crippen molar-refractivity contribution in [2.75, 3.05) is 5.32 Å². The fourth-order valence-electron chi connectivity index (χ4n) is 2.66. The van der Waals surface area contributed by atoms with E-state index in [4.69, 9.17) is 0 Å². The number of fused-ring (bicyclic) bond motifs is 1. The van der Waals surface area contributed by atoms with Gasteiger partial charge in [0.05, 0.1) is 6.42 Å². The van der Waals surface area contributed by atoms with Gasteiger partial charge in [0.2, 0.25) is 5.91 Å². The van der Waals surface area contributed by atoms with Crippen LogP contribution in [0.2, 0.25) is 0 Å². The maximum Gasteiger partial charge on any atom is 0.228 e. The van der Waals surface area contributed by atoms with E-state index in [1.165, 1.54) is 12.0 Å². The van der Waals surface area contributed by atoms with Crippen molar-refractivity contribution >= 4 is 27.5 Å². The van der Waals surface area contributed by atoms with Crippen LogP contribution in [0.15, 0.2) is 18.2 Å². The lowest BCUT2D eigenvalue weighted by molar-refractivity contribution is -0.115. The highest BCUT2D eigenvalue weighted by Crippen LogP contribution is 2.60. The molecule has 0 radical (unpaired) electrons. The van der Waals surface area contributed by atoms with Crippen molar-refractivity contribution in [3.8, 4) is 0 Å². The van der Waals surface area contributed by atoms with E-state index in [0.717, 1.165) is 11.3 Å². The summed E-state index contributed by atoms with van der Waals surface area (Å²) in [6.07, 6.45) is 1.80. The molecule has 2 nitrogen and oxygen atoms in total. The summed E-state index contributed by atoms with van der Waals surface area (Å²) in [6.45, 7) is 4.62. The minimum Gasteiger partial charge on any atom is -0.326 e. The van der Waals surface area contributed by atoms with Gasteiger partial charge in [-0.05, 0) is 34.9 Å². The van der Waals surface area contributed by atoms with E-state index in [-0.39, 0.29) is 5.91 Å². The lowest BCUT2D eigenvalue weighted by atomic mass is 10.00. The molecular formula is C14H16BrNO. The molecule has 2 aliphatic rings. The van der Waals surface area contributed by atoms with E-state index < -0.39 is 0 Å². The first kappa shape index (κ1) is 11.3. The first-order valence-electron chi connectivity index (χ1n) is 6.04. The third-order valence-corrected chi connectivity index (χ3v) is 5.18. The predicted molar refractivity (Wildman–Crippen MR) is 72.3 cm³/mol. The Bertz CT molecular complexity index is 495. The third kappa shape index (κ3) is 1.90. The molecule has 1 aliphatic heterocycles. The van der Waals surface area contributed by atoms with Crippen LogP contribution in [0.3, 0.4) is 0 Å². The molecule has 0 aromatic heterocycles. The summed E-state index contributed by atoms with van der Waals surface area (Å²) in [5, 5.41) is 2.87. The van der Waals surface area contributed by atoms with E-state index in [0.29, 0.717) is 22.6 Å². The minimum absolute atomic E-state index is 0.107. The van der Waals surface area contributed by atoms with Crippen molar-refractivity contribution in [1.82, 2.24) is 0 Å². The second-order valence-corrected chi connectivity index (χ2v) is 6.83. The monoisotopic (exact) mass is 293 g/mol. The average Bonchev–Trinajstić information content (AvgIpc) is 2.73. The Morgan fingerprint density at radius 1 is 1.47 bits per heavy atom. The van der Waals surface area contributed by atoms with Crippen LogP contribution in [0.4, 0.5) is 5.69 Å². The number of halogens is 1. The molecule has 17 heavy (non-hydrogen) atoms. The highest BCUT2D eigenvalue weighted by molar-refractivity contribution is 9.09. The Balaban J connectivity index is 1.86. The molecule has 0 spiro atoms. The number of hydrogen-bond acceptors (Lipinski definition) is 1. The topological polar surface area (TPSA) is 29.1 Å². The fraction of sp³-hybridized carbons (Fsp3) is 0.500. The molecule has 1 heterocycles. The highest BCUT2D eigenvalue weighted by atomic mass is 79.9. The summed E-state index contributed by atoms with van der Waals surface area (Å²) in [5.74, 6) is 0.820. The first-order chi connectivity index (χ1) is 7.97. The van der Waals surface area contributed by atoms with E-state index in [9.17, 15) is 4.79 Å². The molecule has 0 saturated heterocycles. The van der Waals surface area contributed by atoms with E-state index >= 15 is 0 Å². The number of nitrogens with one attached hydrogen (secondary N) is 1. The van der Waals surface area contributed by atoms with E-state index in [1.807, 2.05) is 6.07 Å². The molecular weight excluding hydrogens is 278 g/mol. The van der Waals surface area contributed by atoms with E-state index in [2.05, 4.69) is 47.2 Å². The maximum absolute atomic E-state index is 11.3. The lowest BCUT2D eigenvalue weighted by Gasteiger charge is -2.13. The number of benzene rings is 1. The van der Waals surface area contributed by atoms with E-state index in [1.54, 1.807) is 0 Å². The molecule has 1 fully saturated rings. The molecule has 0 bridgehead atoms. The first-order valence-corrected chi connectivity index (χ1v) is 6.96. The van der Waals surface area contributed by atoms with Gasteiger partial charge in [-0.3, -0.25) is 4.79 Å². The quantitative estimate of drug-likeness (QED) is 0.829. The number of carbonyl (C=O) groups is 1. The van der Waals surface area contributed by atoms with Gasteiger partial charge in [-0.1, -0.05) is 41.9 Å². The summed E-state index contributed by atoms with van der Waals surface area (Å²) >= 11 is 3.81. The zero-order valence-corrected chi connectivity index (χ0v) is 11.7. The molecule has 1 aromatic rings. The largest absolute Gasteiger partial charge is 0.326 e. The smallest absolute Gasteiger partial charge is 0.228 e. The Morgan fingerprint density at radius 3 is 2.82 bits per heavy atom. The number of amides is 1. The summed E-state index contributed by atoms with van der Waals surface area (Å²) in [4.78, 5) is 11.7. The van der Waals surface area contributed by atoms with Crippen LogP contribution in [-0.2, 0) is 11.2 Å². The molecule has 2 unspecified atom stereocenters. The second-order valence-electron chi connectivity index (χ2n) is 5.84. The normalized spacial score (nSPS) is 26.3. The van der Waals surface area contributed by atoms with Gasteiger partial charge in [0.1, 0.15) is 0 Å². The Hall–Kier alpha value is -0.830. The van der Waals surface area contributed by atoms with Crippen molar-refractivity contribution in [1.29, 1.82) is 0 Å². The molecule has 1 amide bonds. The molecule has 3 rings (SSSR count). The summed E-state index contributed by atoms with van der Waals surface area (Å²) in [6, 6.07) is 6.32. The lowest BCUT2D eigenvalue weighted by Crippen LogP contribution is -2.03. The molecule has 1 saturated carbocycles. The van der Waals surface area contributed by atoms with Gasteiger partial charge in [-0.2, -0.15) is 0 Å². The SMILES string of the molecule is CC1(C)CC1C(Br)c1ccc2c(c1)CC(=O)N2. The Morgan fingerprint density at radius 2 is 2.18 bits per heavy atom. The second kappa shape index (κ2) is 3.58. The van der Waals surface area contributed by atoms with Crippen LogP contribution in [0.1, 0.15) is 36.2 Å². The number of alkyl halides is 1. The Kier molecular flexibility index (Phi) is 2.37. The highest BCUT2D eigenvalue weighted by Gasteiger charge is 2.49. The predicted octanol–water partition coefficient (Wildman–Crippen LogP) is 3.66.